The van der Waals surface area contributed by atoms with Gasteiger partial charge in [0.25, 0.3) is 0 Å². The smallest absolute Gasteiger partial charge is 0.231 e. The predicted octanol–water partition coefficient (Wildman–Crippen LogP) is 1.31. The molecule has 0 unspecified atom stereocenters. The van der Waals surface area contributed by atoms with Gasteiger partial charge < -0.3 is 15.3 Å². The molecule has 2 heterocycles. The van der Waals surface area contributed by atoms with Crippen molar-refractivity contribution in [1.29, 1.82) is 0 Å². The maximum atomic E-state index is 8.70. The fourth-order valence-corrected chi connectivity index (χ4v) is 2.07. The van der Waals surface area contributed by atoms with Crippen molar-refractivity contribution in [3.05, 3.63) is 5.28 Å². The highest BCUT2D eigenvalue weighted by Gasteiger charge is 2.16. The standard InChI is InChI=1S/C11H18ClN5O/c12-9-14-10(13-5-1-4-8-18)16-11(15-9)17-6-2-3-7-17/h18H,1-8H2,(H,13,14,15,16). The first kappa shape index (κ1) is 13.3. The van der Waals surface area contributed by atoms with Gasteiger partial charge in [-0.3, -0.25) is 0 Å². The fraction of sp³-hybridized carbons (Fsp3) is 0.727. The summed E-state index contributed by atoms with van der Waals surface area (Å²) in [6, 6.07) is 0. The molecule has 0 spiro atoms. The van der Waals surface area contributed by atoms with Gasteiger partial charge in [-0.2, -0.15) is 15.0 Å². The summed E-state index contributed by atoms with van der Waals surface area (Å²) in [7, 11) is 0. The lowest BCUT2D eigenvalue weighted by molar-refractivity contribution is 0.286. The van der Waals surface area contributed by atoms with Crippen molar-refractivity contribution in [1.82, 2.24) is 15.0 Å². The van der Waals surface area contributed by atoms with Crippen LogP contribution in [-0.4, -0.2) is 46.3 Å². The zero-order chi connectivity index (χ0) is 12.8. The first-order chi connectivity index (χ1) is 8.79. The van der Waals surface area contributed by atoms with E-state index in [0.29, 0.717) is 11.9 Å². The van der Waals surface area contributed by atoms with Crippen LogP contribution in [0.25, 0.3) is 0 Å². The number of halogens is 1. The van der Waals surface area contributed by atoms with Gasteiger partial charge in [0.2, 0.25) is 17.2 Å². The summed E-state index contributed by atoms with van der Waals surface area (Å²) >= 11 is 5.90. The minimum absolute atomic E-state index is 0.207. The summed E-state index contributed by atoms with van der Waals surface area (Å²) in [5.74, 6) is 1.16. The van der Waals surface area contributed by atoms with Crippen LogP contribution in [0.15, 0.2) is 0 Å². The van der Waals surface area contributed by atoms with Crippen LogP contribution < -0.4 is 10.2 Å². The van der Waals surface area contributed by atoms with Crippen LogP contribution >= 0.6 is 11.6 Å². The third-order valence-electron chi connectivity index (χ3n) is 2.85. The Balaban J connectivity index is 1.97. The number of aromatic nitrogens is 3. The van der Waals surface area contributed by atoms with E-state index in [1.165, 1.54) is 12.8 Å². The molecule has 6 nitrogen and oxygen atoms in total. The van der Waals surface area contributed by atoms with Gasteiger partial charge in [-0.15, -0.1) is 0 Å². The Hall–Kier alpha value is -1.14. The Kier molecular flexibility index (Phi) is 4.95. The second kappa shape index (κ2) is 6.70. The van der Waals surface area contributed by atoms with Gasteiger partial charge in [-0.25, -0.2) is 0 Å². The first-order valence-electron chi connectivity index (χ1n) is 6.31. The lowest BCUT2D eigenvalue weighted by atomic mass is 10.3. The van der Waals surface area contributed by atoms with Gasteiger partial charge >= 0.3 is 0 Å². The number of rotatable bonds is 6. The van der Waals surface area contributed by atoms with E-state index in [4.69, 9.17) is 16.7 Å². The highest BCUT2D eigenvalue weighted by atomic mass is 35.5. The van der Waals surface area contributed by atoms with Gasteiger partial charge in [0, 0.05) is 26.2 Å². The van der Waals surface area contributed by atoms with Crippen molar-refractivity contribution in [2.75, 3.05) is 36.5 Å². The van der Waals surface area contributed by atoms with Crippen molar-refractivity contribution in [2.45, 2.75) is 25.7 Å². The number of hydrogen-bond donors (Lipinski definition) is 2. The molecule has 0 saturated carbocycles. The molecule has 1 aliphatic heterocycles. The van der Waals surface area contributed by atoms with Crippen molar-refractivity contribution in [3.8, 4) is 0 Å². The number of aliphatic hydroxyl groups is 1. The normalized spacial score (nSPS) is 15.1. The van der Waals surface area contributed by atoms with Gasteiger partial charge in [-0.05, 0) is 37.3 Å². The average molecular weight is 272 g/mol. The maximum Gasteiger partial charge on any atom is 0.231 e. The average Bonchev–Trinajstić information content (AvgIpc) is 2.88. The van der Waals surface area contributed by atoms with Gasteiger partial charge in [0.05, 0.1) is 0 Å². The third-order valence-corrected chi connectivity index (χ3v) is 3.02. The Labute approximate surface area is 111 Å². The molecule has 1 aromatic heterocycles. The molecular formula is C11H18ClN5O. The number of aliphatic hydroxyl groups excluding tert-OH is 1. The third kappa shape index (κ3) is 3.68. The van der Waals surface area contributed by atoms with E-state index >= 15 is 0 Å². The van der Waals surface area contributed by atoms with Crippen LogP contribution in [-0.2, 0) is 0 Å². The molecule has 1 fully saturated rings. The van der Waals surface area contributed by atoms with E-state index in [-0.39, 0.29) is 11.9 Å². The van der Waals surface area contributed by atoms with Crippen molar-refractivity contribution in [3.63, 3.8) is 0 Å². The maximum absolute atomic E-state index is 8.70. The molecule has 1 aliphatic rings. The summed E-state index contributed by atoms with van der Waals surface area (Å²) < 4.78 is 0. The highest BCUT2D eigenvalue weighted by Crippen LogP contribution is 2.18. The molecule has 0 atom stereocenters. The Bertz CT molecular complexity index is 384. The summed E-state index contributed by atoms with van der Waals surface area (Å²) in [6.07, 6.45) is 3.98. The van der Waals surface area contributed by atoms with Gasteiger partial charge in [0.1, 0.15) is 0 Å². The predicted molar refractivity (Wildman–Crippen MR) is 71.1 cm³/mol. The van der Waals surface area contributed by atoms with Crippen LogP contribution in [0.1, 0.15) is 25.7 Å². The summed E-state index contributed by atoms with van der Waals surface area (Å²) in [5, 5.41) is 12.0. The van der Waals surface area contributed by atoms with Crippen LogP contribution in [0.5, 0.6) is 0 Å². The van der Waals surface area contributed by atoms with Crippen LogP contribution in [0, 0.1) is 0 Å². The zero-order valence-corrected chi connectivity index (χ0v) is 11.0. The van der Waals surface area contributed by atoms with Crippen LogP contribution in [0.3, 0.4) is 0 Å². The largest absolute Gasteiger partial charge is 0.396 e. The molecule has 100 valence electrons. The molecular weight excluding hydrogens is 254 g/mol. The summed E-state index contributed by atoms with van der Waals surface area (Å²) in [5.41, 5.74) is 0. The topological polar surface area (TPSA) is 74.2 Å². The van der Waals surface area contributed by atoms with E-state index in [1.807, 2.05) is 0 Å². The number of hydrogen-bond acceptors (Lipinski definition) is 6. The molecule has 2 N–H and O–H groups in total. The number of nitrogens with zero attached hydrogens (tertiary/aromatic N) is 4. The number of unbranched alkanes of at least 4 members (excludes halogenated alkanes) is 1. The molecule has 1 saturated heterocycles. The highest BCUT2D eigenvalue weighted by molar-refractivity contribution is 6.28. The molecule has 0 aliphatic carbocycles. The number of nitrogens with one attached hydrogen (secondary N) is 1. The second-order valence-electron chi connectivity index (χ2n) is 4.28. The van der Waals surface area contributed by atoms with Gasteiger partial charge in [-0.1, -0.05) is 0 Å². The monoisotopic (exact) mass is 271 g/mol. The summed E-state index contributed by atoms with van der Waals surface area (Å²) in [4.78, 5) is 14.7. The Morgan fingerprint density at radius 2 is 1.94 bits per heavy atom. The Morgan fingerprint density at radius 3 is 2.67 bits per heavy atom. The van der Waals surface area contributed by atoms with E-state index in [1.54, 1.807) is 0 Å². The van der Waals surface area contributed by atoms with Crippen molar-refractivity contribution >= 4 is 23.5 Å². The van der Waals surface area contributed by atoms with Gasteiger partial charge in [0.15, 0.2) is 0 Å². The molecule has 18 heavy (non-hydrogen) atoms. The minimum atomic E-state index is 0.207. The molecule has 1 aromatic rings. The van der Waals surface area contributed by atoms with Crippen molar-refractivity contribution < 1.29 is 5.11 Å². The molecule has 2 rings (SSSR count). The summed E-state index contributed by atoms with van der Waals surface area (Å²) in [6.45, 7) is 2.88. The fourth-order valence-electron chi connectivity index (χ4n) is 1.91. The van der Waals surface area contributed by atoms with Crippen LogP contribution in [0.4, 0.5) is 11.9 Å². The number of anilines is 2. The molecule has 0 aromatic carbocycles. The quantitative estimate of drug-likeness (QED) is 0.760. The van der Waals surface area contributed by atoms with E-state index in [2.05, 4.69) is 25.2 Å². The SMILES string of the molecule is OCCCCNc1nc(Cl)nc(N2CCCC2)n1. The molecule has 7 heteroatoms. The first-order valence-corrected chi connectivity index (χ1v) is 6.68. The lowest BCUT2D eigenvalue weighted by Gasteiger charge is -2.15. The minimum Gasteiger partial charge on any atom is -0.396 e. The molecule has 0 bridgehead atoms. The van der Waals surface area contributed by atoms with Crippen LogP contribution in [0.2, 0.25) is 5.28 Å². The van der Waals surface area contributed by atoms with E-state index < -0.39 is 0 Å². The zero-order valence-electron chi connectivity index (χ0n) is 10.3. The van der Waals surface area contributed by atoms with E-state index in [0.717, 1.165) is 32.5 Å². The molecule has 0 amide bonds. The van der Waals surface area contributed by atoms with Crippen molar-refractivity contribution in [2.24, 2.45) is 0 Å². The lowest BCUT2D eigenvalue weighted by Crippen LogP contribution is -2.21. The molecule has 0 radical (unpaired) electrons. The van der Waals surface area contributed by atoms with E-state index in [9.17, 15) is 0 Å². The second-order valence-corrected chi connectivity index (χ2v) is 4.62. The Morgan fingerprint density at radius 1 is 1.17 bits per heavy atom.